The van der Waals surface area contributed by atoms with Crippen LogP contribution in [0.4, 0.5) is 0 Å². The van der Waals surface area contributed by atoms with Gasteiger partial charge in [0.15, 0.2) is 0 Å². The highest BCUT2D eigenvalue weighted by Gasteiger charge is 2.22. The Labute approximate surface area is 80.7 Å². The second-order valence-corrected chi connectivity index (χ2v) is 2.96. The summed E-state index contributed by atoms with van der Waals surface area (Å²) in [4.78, 5) is 10.3. The second kappa shape index (κ2) is 2.99. The van der Waals surface area contributed by atoms with Gasteiger partial charge in [0.1, 0.15) is 0 Å². The van der Waals surface area contributed by atoms with Crippen molar-refractivity contribution in [3.05, 3.63) is 58.3 Å². The third-order valence-electron chi connectivity index (χ3n) is 2.11. The normalized spacial score (nSPS) is 14.0. The number of nitro groups is 1. The van der Waals surface area contributed by atoms with Crippen molar-refractivity contribution in [3.8, 4) is 0 Å². The van der Waals surface area contributed by atoms with Gasteiger partial charge in [-0.2, -0.15) is 0 Å². The van der Waals surface area contributed by atoms with Gasteiger partial charge < -0.3 is 5.32 Å². The van der Waals surface area contributed by atoms with E-state index in [0.717, 1.165) is 5.56 Å². The molecular formula is C10H8N2O2. The van der Waals surface area contributed by atoms with Crippen LogP contribution < -0.4 is 5.32 Å². The molecule has 0 aromatic heterocycles. The summed E-state index contributed by atoms with van der Waals surface area (Å²) in [5, 5.41) is 13.5. The number of hydrogen-bond donors (Lipinski definition) is 1. The van der Waals surface area contributed by atoms with Crippen LogP contribution in [0.15, 0.2) is 37.0 Å². The van der Waals surface area contributed by atoms with Gasteiger partial charge in [-0.1, -0.05) is 24.8 Å². The van der Waals surface area contributed by atoms with E-state index in [9.17, 15) is 10.1 Å². The zero-order valence-corrected chi connectivity index (χ0v) is 7.36. The van der Waals surface area contributed by atoms with Crippen LogP contribution in [0.1, 0.15) is 11.1 Å². The lowest BCUT2D eigenvalue weighted by Gasteiger charge is -2.14. The fraction of sp³-hybridized carbons (Fsp3) is 0. The number of benzene rings is 1. The summed E-state index contributed by atoms with van der Waals surface area (Å²) >= 11 is 0. The first-order valence-electron chi connectivity index (χ1n) is 4.10. The molecule has 14 heavy (non-hydrogen) atoms. The highest BCUT2D eigenvalue weighted by atomic mass is 16.6. The highest BCUT2D eigenvalue weighted by molar-refractivity contribution is 5.79. The summed E-state index contributed by atoms with van der Waals surface area (Å²) in [7, 11) is 0. The third-order valence-corrected chi connectivity index (χ3v) is 2.11. The van der Waals surface area contributed by atoms with Crippen LogP contribution in [0.3, 0.4) is 0 Å². The van der Waals surface area contributed by atoms with Gasteiger partial charge in [0, 0.05) is 11.3 Å². The van der Waals surface area contributed by atoms with Gasteiger partial charge in [-0.15, -0.1) is 0 Å². The molecule has 0 fully saturated rings. The van der Waals surface area contributed by atoms with E-state index in [2.05, 4.69) is 11.9 Å². The molecular weight excluding hydrogens is 180 g/mol. The quantitative estimate of drug-likeness (QED) is 0.540. The smallest absolute Gasteiger partial charge is 0.293 e. The van der Waals surface area contributed by atoms with Crippen molar-refractivity contribution in [2.45, 2.75) is 0 Å². The van der Waals surface area contributed by atoms with Gasteiger partial charge in [0.2, 0.25) is 0 Å². The summed E-state index contributed by atoms with van der Waals surface area (Å²) in [6.45, 7) is 3.77. The third kappa shape index (κ3) is 1.17. The predicted molar refractivity (Wildman–Crippen MR) is 53.6 cm³/mol. The molecule has 1 N–H and O–H groups in total. The lowest BCUT2D eigenvalue weighted by Crippen LogP contribution is -2.15. The van der Waals surface area contributed by atoms with E-state index in [1.165, 1.54) is 6.20 Å². The van der Waals surface area contributed by atoms with Crippen molar-refractivity contribution in [2.24, 2.45) is 0 Å². The fourth-order valence-electron chi connectivity index (χ4n) is 1.43. The van der Waals surface area contributed by atoms with Crippen LogP contribution in [0.5, 0.6) is 0 Å². The molecule has 1 aromatic carbocycles. The average Bonchev–Trinajstić information content (AvgIpc) is 2.18. The molecule has 1 aliphatic rings. The summed E-state index contributed by atoms with van der Waals surface area (Å²) in [6.07, 6.45) is 1.37. The van der Waals surface area contributed by atoms with E-state index in [4.69, 9.17) is 0 Å². The lowest BCUT2D eigenvalue weighted by atomic mass is 10.0. The molecule has 70 valence electrons. The second-order valence-electron chi connectivity index (χ2n) is 2.96. The maximum Gasteiger partial charge on any atom is 0.293 e. The van der Waals surface area contributed by atoms with Crippen molar-refractivity contribution in [3.63, 3.8) is 0 Å². The molecule has 1 aromatic rings. The van der Waals surface area contributed by atoms with Crippen molar-refractivity contribution >= 4 is 11.4 Å². The Hall–Kier alpha value is -2.10. The minimum Gasteiger partial charge on any atom is -0.356 e. The van der Waals surface area contributed by atoms with E-state index in [-0.39, 0.29) is 5.70 Å². The van der Waals surface area contributed by atoms with Gasteiger partial charge in [-0.25, -0.2) is 0 Å². The lowest BCUT2D eigenvalue weighted by molar-refractivity contribution is -0.375. The van der Waals surface area contributed by atoms with E-state index < -0.39 is 4.92 Å². The molecule has 1 heterocycles. The Balaban J connectivity index is 2.62. The van der Waals surface area contributed by atoms with Gasteiger partial charge in [0.05, 0.1) is 16.7 Å². The number of nitrogens with one attached hydrogen (secondary N) is 1. The standard InChI is InChI=1S/C10H8N2O2/c1-7-8-4-2-3-5-9(8)10(6-11-7)12(13)14/h2-6,11H,1H2. The fourth-order valence-corrected chi connectivity index (χ4v) is 1.43. The van der Waals surface area contributed by atoms with Crippen LogP contribution in [-0.2, 0) is 0 Å². The maximum atomic E-state index is 10.7. The summed E-state index contributed by atoms with van der Waals surface area (Å²) < 4.78 is 0. The molecule has 0 saturated carbocycles. The van der Waals surface area contributed by atoms with Crippen LogP contribution in [0, 0.1) is 10.1 Å². The van der Waals surface area contributed by atoms with E-state index >= 15 is 0 Å². The summed E-state index contributed by atoms with van der Waals surface area (Å²) in [5.74, 6) is 0. The number of fused-ring (bicyclic) bond motifs is 1. The molecule has 4 nitrogen and oxygen atoms in total. The number of rotatable bonds is 1. The molecule has 1 aliphatic heterocycles. The van der Waals surface area contributed by atoms with Crippen molar-refractivity contribution in [1.82, 2.24) is 5.32 Å². The van der Waals surface area contributed by atoms with E-state index in [0.29, 0.717) is 11.3 Å². The van der Waals surface area contributed by atoms with Crippen molar-refractivity contribution in [2.75, 3.05) is 0 Å². The average molecular weight is 188 g/mol. The topological polar surface area (TPSA) is 55.2 Å². The molecule has 2 rings (SSSR count). The first-order chi connectivity index (χ1) is 6.70. The SMILES string of the molecule is C=C1NC=C([N+](=O)[O-])c2ccccc21. The molecule has 0 unspecified atom stereocenters. The molecule has 0 spiro atoms. The maximum absolute atomic E-state index is 10.7. The first kappa shape index (κ1) is 8.50. The zero-order chi connectivity index (χ0) is 10.1. The van der Waals surface area contributed by atoms with Gasteiger partial charge in [0.25, 0.3) is 5.70 Å². The molecule has 0 aliphatic carbocycles. The van der Waals surface area contributed by atoms with E-state index in [1.54, 1.807) is 18.2 Å². The summed E-state index contributed by atoms with van der Waals surface area (Å²) in [5.41, 5.74) is 2.15. The Morgan fingerprint density at radius 3 is 2.57 bits per heavy atom. The number of nitrogens with zero attached hydrogens (tertiary/aromatic N) is 1. The van der Waals surface area contributed by atoms with Gasteiger partial charge in [-0.3, -0.25) is 10.1 Å². The van der Waals surface area contributed by atoms with Crippen molar-refractivity contribution < 1.29 is 4.92 Å². The number of hydrogen-bond acceptors (Lipinski definition) is 3. The summed E-state index contributed by atoms with van der Waals surface area (Å²) in [6, 6.07) is 7.13. The molecule has 0 atom stereocenters. The zero-order valence-electron chi connectivity index (χ0n) is 7.36. The molecule has 0 bridgehead atoms. The van der Waals surface area contributed by atoms with Crippen molar-refractivity contribution in [1.29, 1.82) is 0 Å². The molecule has 0 saturated heterocycles. The van der Waals surface area contributed by atoms with Crippen LogP contribution in [-0.4, -0.2) is 4.92 Å². The Morgan fingerprint density at radius 2 is 1.93 bits per heavy atom. The Kier molecular flexibility index (Phi) is 1.81. The van der Waals surface area contributed by atoms with Gasteiger partial charge >= 0.3 is 0 Å². The van der Waals surface area contributed by atoms with Gasteiger partial charge in [-0.05, 0) is 6.07 Å². The van der Waals surface area contributed by atoms with E-state index in [1.807, 2.05) is 6.07 Å². The monoisotopic (exact) mass is 188 g/mol. The molecule has 4 heteroatoms. The Bertz CT molecular complexity index is 449. The van der Waals surface area contributed by atoms with Crippen LogP contribution in [0.2, 0.25) is 0 Å². The molecule has 0 radical (unpaired) electrons. The Morgan fingerprint density at radius 1 is 1.29 bits per heavy atom. The minimum atomic E-state index is -0.404. The minimum absolute atomic E-state index is 0.0769. The van der Waals surface area contributed by atoms with Crippen LogP contribution in [0.25, 0.3) is 11.4 Å². The largest absolute Gasteiger partial charge is 0.356 e. The highest BCUT2D eigenvalue weighted by Crippen LogP contribution is 2.27. The first-order valence-corrected chi connectivity index (χ1v) is 4.10. The predicted octanol–water partition coefficient (Wildman–Crippen LogP) is 1.84. The van der Waals surface area contributed by atoms with Crippen LogP contribution >= 0.6 is 0 Å². The molecule has 0 amide bonds.